The Labute approximate surface area is 173 Å². The van der Waals surface area contributed by atoms with Crippen LogP contribution < -0.4 is 5.32 Å². The van der Waals surface area contributed by atoms with Crippen LogP contribution in [0.3, 0.4) is 0 Å². The van der Waals surface area contributed by atoms with E-state index in [4.69, 9.17) is 14.7 Å². The molecule has 0 unspecified atom stereocenters. The number of esters is 1. The van der Waals surface area contributed by atoms with Gasteiger partial charge < -0.3 is 10.1 Å². The maximum Gasteiger partial charge on any atom is 0.338 e. The number of aryl methyl sites for hydroxylation is 1. The van der Waals surface area contributed by atoms with E-state index in [0.717, 1.165) is 27.5 Å². The molecule has 2 aromatic heterocycles. The zero-order valence-corrected chi connectivity index (χ0v) is 17.1. The van der Waals surface area contributed by atoms with Gasteiger partial charge in [0, 0.05) is 17.0 Å². The Kier molecular flexibility index (Phi) is 5.53. The molecule has 2 aromatic carbocycles. The second kappa shape index (κ2) is 8.41. The quantitative estimate of drug-likeness (QED) is 0.430. The molecule has 0 saturated carbocycles. The van der Waals surface area contributed by atoms with Crippen molar-refractivity contribution in [2.24, 2.45) is 0 Å². The van der Waals surface area contributed by atoms with Crippen molar-refractivity contribution >= 4 is 39.0 Å². The van der Waals surface area contributed by atoms with E-state index in [-0.39, 0.29) is 5.97 Å². The minimum Gasteiger partial charge on any atom is -0.462 e. The summed E-state index contributed by atoms with van der Waals surface area (Å²) < 4.78 is 5.04. The lowest BCUT2D eigenvalue weighted by Crippen LogP contribution is -2.05. The molecule has 4 aromatic rings. The van der Waals surface area contributed by atoms with Gasteiger partial charge in [0.05, 0.1) is 17.6 Å². The third-order valence-corrected chi connectivity index (χ3v) is 5.37. The molecule has 4 rings (SSSR count). The van der Waals surface area contributed by atoms with Gasteiger partial charge in [-0.1, -0.05) is 30.3 Å². The molecular weight excluding hydrogens is 382 g/mol. The van der Waals surface area contributed by atoms with Crippen molar-refractivity contribution in [2.45, 2.75) is 20.3 Å². The third kappa shape index (κ3) is 4.43. The van der Waals surface area contributed by atoms with Gasteiger partial charge in [-0.25, -0.2) is 14.8 Å². The van der Waals surface area contributed by atoms with E-state index in [0.29, 0.717) is 18.6 Å². The number of fused-ring (bicyclic) bond motifs is 1. The first kappa shape index (κ1) is 19.1. The first-order chi connectivity index (χ1) is 14.1. The Bertz CT molecular complexity index is 1140. The lowest BCUT2D eigenvalue weighted by molar-refractivity contribution is 0.0526. The van der Waals surface area contributed by atoms with E-state index in [1.54, 1.807) is 30.4 Å². The average Bonchev–Trinajstić information content (AvgIpc) is 3.10. The van der Waals surface area contributed by atoms with E-state index in [2.05, 4.69) is 30.4 Å². The van der Waals surface area contributed by atoms with Crippen LogP contribution in [0.4, 0.5) is 11.5 Å². The van der Waals surface area contributed by atoms with E-state index >= 15 is 0 Å². The predicted octanol–water partition coefficient (Wildman–Crippen LogP) is 5.51. The number of carbonyl (C=O) groups excluding carboxylic acids is 1. The zero-order valence-electron chi connectivity index (χ0n) is 16.3. The van der Waals surface area contributed by atoms with Crippen LogP contribution in [0.25, 0.3) is 10.2 Å². The monoisotopic (exact) mass is 403 g/mol. The molecule has 0 aliphatic heterocycles. The Morgan fingerprint density at radius 2 is 1.83 bits per heavy atom. The number of ether oxygens (including phenoxy) is 1. The third-order valence-electron chi connectivity index (χ3n) is 4.43. The van der Waals surface area contributed by atoms with Crippen molar-refractivity contribution in [1.29, 1.82) is 0 Å². The molecule has 0 aliphatic rings. The van der Waals surface area contributed by atoms with Crippen molar-refractivity contribution in [3.05, 3.63) is 82.5 Å². The number of benzene rings is 2. The molecule has 0 fully saturated rings. The summed E-state index contributed by atoms with van der Waals surface area (Å²) in [5.41, 5.74) is 2.55. The Morgan fingerprint density at radius 1 is 1.07 bits per heavy atom. The van der Waals surface area contributed by atoms with Crippen LogP contribution in [-0.4, -0.2) is 22.5 Å². The second-order valence-corrected chi connectivity index (χ2v) is 7.88. The van der Waals surface area contributed by atoms with Crippen molar-refractivity contribution < 1.29 is 9.53 Å². The van der Waals surface area contributed by atoms with Gasteiger partial charge in [-0.15, -0.1) is 11.3 Å². The van der Waals surface area contributed by atoms with E-state index in [9.17, 15) is 4.79 Å². The molecule has 146 valence electrons. The molecule has 29 heavy (non-hydrogen) atoms. The topological polar surface area (TPSA) is 64.1 Å². The molecule has 0 radical (unpaired) electrons. The number of anilines is 2. The van der Waals surface area contributed by atoms with Gasteiger partial charge in [0.1, 0.15) is 16.5 Å². The van der Waals surface area contributed by atoms with Crippen LogP contribution >= 0.6 is 11.3 Å². The average molecular weight is 404 g/mol. The highest BCUT2D eigenvalue weighted by molar-refractivity contribution is 7.18. The fraction of sp³-hybridized carbons (Fsp3) is 0.174. The summed E-state index contributed by atoms with van der Waals surface area (Å²) >= 11 is 1.66. The summed E-state index contributed by atoms with van der Waals surface area (Å²) in [6.45, 7) is 4.23. The number of hydrogen-bond donors (Lipinski definition) is 1. The smallest absolute Gasteiger partial charge is 0.338 e. The van der Waals surface area contributed by atoms with E-state index < -0.39 is 0 Å². The number of rotatable bonds is 6. The fourth-order valence-electron chi connectivity index (χ4n) is 3.08. The first-order valence-corrected chi connectivity index (χ1v) is 10.3. The van der Waals surface area contributed by atoms with Crippen LogP contribution in [0.2, 0.25) is 0 Å². The number of nitrogens with zero attached hydrogens (tertiary/aromatic N) is 2. The van der Waals surface area contributed by atoms with Crippen molar-refractivity contribution in [1.82, 2.24) is 9.97 Å². The van der Waals surface area contributed by atoms with Gasteiger partial charge in [-0.05, 0) is 49.7 Å². The minimum absolute atomic E-state index is 0.318. The zero-order chi connectivity index (χ0) is 20.2. The van der Waals surface area contributed by atoms with Crippen LogP contribution in [0, 0.1) is 6.92 Å². The van der Waals surface area contributed by atoms with E-state index in [1.807, 2.05) is 30.3 Å². The Hall–Kier alpha value is -3.25. The largest absolute Gasteiger partial charge is 0.462 e. The molecule has 0 amide bonds. The summed E-state index contributed by atoms with van der Waals surface area (Å²) in [7, 11) is 0. The minimum atomic E-state index is -0.318. The highest BCUT2D eigenvalue weighted by Crippen LogP contribution is 2.30. The van der Waals surface area contributed by atoms with Crippen LogP contribution in [0.5, 0.6) is 0 Å². The SMILES string of the molecule is CCOC(=O)c1ccc(Nc2nc(Cc3ccccc3)nc3sc(C)cc23)cc1. The number of carbonyl (C=O) groups is 1. The summed E-state index contributed by atoms with van der Waals surface area (Å²) in [6.07, 6.45) is 0.671. The number of thiophene rings is 1. The normalized spacial score (nSPS) is 10.8. The van der Waals surface area contributed by atoms with Crippen LogP contribution in [-0.2, 0) is 11.2 Å². The van der Waals surface area contributed by atoms with Gasteiger partial charge in [-0.3, -0.25) is 0 Å². The molecule has 0 spiro atoms. The molecule has 6 heteroatoms. The summed E-state index contributed by atoms with van der Waals surface area (Å²) in [4.78, 5) is 23.5. The molecule has 0 atom stereocenters. The van der Waals surface area contributed by atoms with Gasteiger partial charge in [0.2, 0.25) is 0 Å². The van der Waals surface area contributed by atoms with Crippen molar-refractivity contribution in [3.63, 3.8) is 0 Å². The predicted molar refractivity (Wildman–Crippen MR) is 117 cm³/mol. The summed E-state index contributed by atoms with van der Waals surface area (Å²) in [5.74, 6) is 1.23. The number of nitrogens with one attached hydrogen (secondary N) is 1. The summed E-state index contributed by atoms with van der Waals surface area (Å²) in [6, 6.07) is 19.5. The van der Waals surface area contributed by atoms with Gasteiger partial charge in [0.15, 0.2) is 0 Å². The fourth-order valence-corrected chi connectivity index (χ4v) is 3.98. The second-order valence-electron chi connectivity index (χ2n) is 6.65. The maximum absolute atomic E-state index is 11.8. The van der Waals surface area contributed by atoms with Gasteiger partial charge in [0.25, 0.3) is 0 Å². The Balaban J connectivity index is 1.64. The number of aromatic nitrogens is 2. The number of hydrogen-bond acceptors (Lipinski definition) is 6. The molecule has 2 heterocycles. The lowest BCUT2D eigenvalue weighted by Gasteiger charge is -2.10. The first-order valence-electron chi connectivity index (χ1n) is 9.47. The standard InChI is InChI=1S/C23H21N3O2S/c1-3-28-23(27)17-9-11-18(12-10-17)24-21-19-13-15(2)29-22(19)26-20(25-21)14-16-7-5-4-6-8-16/h4-13H,3,14H2,1-2H3,(H,24,25,26). The van der Waals surface area contributed by atoms with Crippen LogP contribution in [0.15, 0.2) is 60.7 Å². The molecular formula is C23H21N3O2S. The highest BCUT2D eigenvalue weighted by Gasteiger charge is 2.12. The molecule has 5 nitrogen and oxygen atoms in total. The molecule has 0 saturated heterocycles. The molecule has 0 aliphatic carbocycles. The summed E-state index contributed by atoms with van der Waals surface area (Å²) in [5, 5.41) is 4.39. The van der Waals surface area contributed by atoms with E-state index in [1.165, 1.54) is 10.4 Å². The van der Waals surface area contributed by atoms with Crippen molar-refractivity contribution in [2.75, 3.05) is 11.9 Å². The van der Waals surface area contributed by atoms with Crippen molar-refractivity contribution in [3.8, 4) is 0 Å². The van der Waals surface area contributed by atoms with Crippen LogP contribution in [0.1, 0.15) is 33.5 Å². The van der Waals surface area contributed by atoms with Gasteiger partial charge >= 0.3 is 5.97 Å². The Morgan fingerprint density at radius 3 is 2.55 bits per heavy atom. The highest BCUT2D eigenvalue weighted by atomic mass is 32.1. The lowest BCUT2D eigenvalue weighted by atomic mass is 10.1. The van der Waals surface area contributed by atoms with Gasteiger partial charge in [-0.2, -0.15) is 0 Å². The molecule has 1 N–H and O–H groups in total. The molecule has 0 bridgehead atoms. The maximum atomic E-state index is 11.8.